The first-order valence-corrected chi connectivity index (χ1v) is 13.3. The topological polar surface area (TPSA) is 117 Å². The van der Waals surface area contributed by atoms with Crippen molar-refractivity contribution in [3.63, 3.8) is 0 Å². The molecule has 0 aromatic heterocycles. The molecule has 41 heavy (non-hydrogen) atoms. The molecule has 1 fully saturated rings. The molecule has 0 spiro atoms. The Balaban J connectivity index is 1.45. The van der Waals surface area contributed by atoms with Crippen molar-refractivity contribution >= 4 is 29.7 Å². The van der Waals surface area contributed by atoms with Gasteiger partial charge in [-0.25, -0.2) is 14.2 Å². The molecule has 212 valence electrons. The van der Waals surface area contributed by atoms with Crippen LogP contribution in [0.5, 0.6) is 5.75 Å². The fraction of sp³-hybridized carbons (Fsp3) is 0.290. The molecule has 10 heteroatoms. The zero-order valence-corrected chi connectivity index (χ0v) is 23.4. The number of nitrogens with one attached hydrogen (secondary N) is 1. The Labute approximate surface area is 237 Å². The summed E-state index contributed by atoms with van der Waals surface area (Å²) in [5.74, 6) is -2.26. The number of urea groups is 1. The van der Waals surface area contributed by atoms with E-state index in [1.165, 1.54) is 13.1 Å². The van der Waals surface area contributed by atoms with Crippen LogP contribution in [0, 0.1) is 25.6 Å². The van der Waals surface area contributed by atoms with Gasteiger partial charge in [0.2, 0.25) is 11.8 Å². The van der Waals surface area contributed by atoms with Crippen LogP contribution in [-0.2, 0) is 16.1 Å². The number of carbonyl (C=O) groups excluding carboxylic acids is 3. The third-order valence-corrected chi connectivity index (χ3v) is 7.77. The highest BCUT2D eigenvalue weighted by molar-refractivity contribution is 6.23. The Kier molecular flexibility index (Phi) is 7.70. The van der Waals surface area contributed by atoms with Crippen molar-refractivity contribution < 1.29 is 23.5 Å². The van der Waals surface area contributed by atoms with E-state index >= 15 is 4.39 Å². The van der Waals surface area contributed by atoms with Gasteiger partial charge < -0.3 is 15.8 Å². The van der Waals surface area contributed by atoms with Crippen LogP contribution < -0.4 is 15.8 Å². The second-order valence-corrected chi connectivity index (χ2v) is 10.5. The van der Waals surface area contributed by atoms with E-state index in [1.54, 1.807) is 13.2 Å². The van der Waals surface area contributed by atoms with Crippen molar-refractivity contribution in [3.8, 4) is 28.0 Å². The van der Waals surface area contributed by atoms with Gasteiger partial charge in [-0.1, -0.05) is 30.3 Å². The summed E-state index contributed by atoms with van der Waals surface area (Å²) in [7, 11) is 2.83. The van der Waals surface area contributed by atoms with E-state index < -0.39 is 23.8 Å². The Hall–Kier alpha value is -4.41. The Morgan fingerprint density at radius 3 is 2.41 bits per heavy atom. The molecule has 1 unspecified atom stereocenters. The SMILES string of the molecule is COc1cc(-c2cccc(-c3cccc(NC(=O)C4C=NC(=O)N(C)C4=O)c3C)c2C)cc(F)c1CN1CC(N)C1. The Morgan fingerprint density at radius 1 is 1.07 bits per heavy atom. The van der Waals surface area contributed by atoms with Crippen molar-refractivity contribution in [1.82, 2.24) is 9.80 Å². The second-order valence-electron chi connectivity index (χ2n) is 10.5. The van der Waals surface area contributed by atoms with Gasteiger partial charge in [-0.05, 0) is 65.4 Å². The van der Waals surface area contributed by atoms with Crippen LogP contribution in [0.1, 0.15) is 16.7 Å². The lowest BCUT2D eigenvalue weighted by Gasteiger charge is -2.37. The van der Waals surface area contributed by atoms with Crippen LogP contribution in [0.15, 0.2) is 53.5 Å². The number of anilines is 1. The van der Waals surface area contributed by atoms with Gasteiger partial charge in [0.1, 0.15) is 11.6 Å². The zero-order valence-electron chi connectivity index (χ0n) is 23.4. The van der Waals surface area contributed by atoms with E-state index in [4.69, 9.17) is 10.5 Å². The molecule has 3 N–H and O–H groups in total. The van der Waals surface area contributed by atoms with Crippen LogP contribution in [0.25, 0.3) is 22.3 Å². The highest BCUT2D eigenvalue weighted by Crippen LogP contribution is 2.38. The van der Waals surface area contributed by atoms with Crippen molar-refractivity contribution in [2.45, 2.75) is 26.4 Å². The Morgan fingerprint density at radius 2 is 1.73 bits per heavy atom. The standard InChI is InChI=1S/C31H32FN5O4/c1-17-21(19-11-26(32)25(28(12-19)41-4)16-37-14-20(33)15-37)7-5-8-22(17)23-9-6-10-27(18(23)2)35-29(38)24-13-34-31(40)36(3)30(24)39/h5-13,20,24H,14-16,33H2,1-4H3,(H,35,38). The first-order chi connectivity index (χ1) is 19.6. The van der Waals surface area contributed by atoms with Crippen molar-refractivity contribution in [2.24, 2.45) is 16.6 Å². The van der Waals surface area contributed by atoms with E-state index in [0.717, 1.165) is 52.0 Å². The van der Waals surface area contributed by atoms with Crippen LogP contribution >= 0.6 is 0 Å². The van der Waals surface area contributed by atoms with Crippen LogP contribution in [-0.4, -0.2) is 67.1 Å². The molecule has 0 bridgehead atoms. The lowest BCUT2D eigenvalue weighted by molar-refractivity contribution is -0.134. The first kappa shape index (κ1) is 28.1. The van der Waals surface area contributed by atoms with E-state index in [2.05, 4.69) is 15.2 Å². The molecule has 0 saturated carbocycles. The monoisotopic (exact) mass is 557 g/mol. The smallest absolute Gasteiger partial charge is 0.349 e. The van der Waals surface area contributed by atoms with Gasteiger partial charge in [0.15, 0.2) is 5.92 Å². The molecule has 4 amide bonds. The minimum Gasteiger partial charge on any atom is -0.496 e. The Bertz CT molecular complexity index is 1580. The molecule has 2 aliphatic rings. The number of likely N-dealkylation sites (tertiary alicyclic amines) is 1. The van der Waals surface area contributed by atoms with Crippen LogP contribution in [0.4, 0.5) is 14.9 Å². The lowest BCUT2D eigenvalue weighted by atomic mass is 9.90. The summed E-state index contributed by atoms with van der Waals surface area (Å²) < 4.78 is 21.0. The number of halogens is 1. The fourth-order valence-electron chi connectivity index (χ4n) is 5.35. The largest absolute Gasteiger partial charge is 0.496 e. The highest BCUT2D eigenvalue weighted by Gasteiger charge is 2.34. The number of hydrogen-bond acceptors (Lipinski definition) is 6. The summed E-state index contributed by atoms with van der Waals surface area (Å²) in [6.45, 7) is 5.74. The van der Waals surface area contributed by atoms with E-state index in [9.17, 15) is 14.4 Å². The number of ether oxygens (including phenoxy) is 1. The minimum absolute atomic E-state index is 0.125. The number of benzene rings is 3. The predicted molar refractivity (Wildman–Crippen MR) is 155 cm³/mol. The average Bonchev–Trinajstić information content (AvgIpc) is 2.93. The molecule has 9 nitrogen and oxygen atoms in total. The zero-order chi connectivity index (χ0) is 29.4. The van der Waals surface area contributed by atoms with Gasteiger partial charge in [-0.15, -0.1) is 0 Å². The van der Waals surface area contributed by atoms with Gasteiger partial charge in [-0.2, -0.15) is 0 Å². The maximum Gasteiger partial charge on any atom is 0.349 e. The van der Waals surface area contributed by atoms with Gasteiger partial charge in [-0.3, -0.25) is 19.4 Å². The number of methoxy groups -OCH3 is 1. The molecular weight excluding hydrogens is 525 g/mol. The number of rotatable bonds is 7. The number of imide groups is 1. The molecule has 2 aliphatic heterocycles. The number of nitrogens with zero attached hydrogens (tertiary/aromatic N) is 3. The highest BCUT2D eigenvalue weighted by atomic mass is 19.1. The number of hydrogen-bond donors (Lipinski definition) is 2. The predicted octanol–water partition coefficient (Wildman–Crippen LogP) is 4.15. The number of amides is 4. The summed E-state index contributed by atoms with van der Waals surface area (Å²) in [5, 5.41) is 2.81. The summed E-state index contributed by atoms with van der Waals surface area (Å²) in [5.41, 5.74) is 12.0. The molecular formula is C31H32FN5O4. The van der Waals surface area contributed by atoms with Crippen LogP contribution in [0.2, 0.25) is 0 Å². The lowest BCUT2D eigenvalue weighted by Crippen LogP contribution is -2.55. The summed E-state index contributed by atoms with van der Waals surface area (Å²) in [6.07, 6.45) is 1.07. The first-order valence-electron chi connectivity index (χ1n) is 13.3. The molecule has 3 aromatic rings. The summed E-state index contributed by atoms with van der Waals surface area (Å²) in [4.78, 5) is 43.6. The van der Waals surface area contributed by atoms with Crippen molar-refractivity contribution in [2.75, 3.05) is 32.6 Å². The maximum atomic E-state index is 15.4. The van der Waals surface area contributed by atoms with E-state index in [0.29, 0.717) is 29.1 Å². The number of carbonyl (C=O) groups is 3. The fourth-order valence-corrected chi connectivity index (χ4v) is 5.35. The van der Waals surface area contributed by atoms with Gasteiger partial charge in [0.25, 0.3) is 0 Å². The molecule has 2 heterocycles. The number of nitrogens with two attached hydrogens (primary N) is 1. The van der Waals surface area contributed by atoms with Crippen molar-refractivity contribution in [1.29, 1.82) is 0 Å². The molecule has 1 atom stereocenters. The van der Waals surface area contributed by atoms with E-state index in [-0.39, 0.29) is 11.9 Å². The second kappa shape index (κ2) is 11.2. The molecule has 5 rings (SSSR count). The molecule has 0 aliphatic carbocycles. The van der Waals surface area contributed by atoms with Gasteiger partial charge >= 0.3 is 6.03 Å². The third kappa shape index (κ3) is 5.36. The van der Waals surface area contributed by atoms with Gasteiger partial charge in [0.05, 0.1) is 7.11 Å². The third-order valence-electron chi connectivity index (χ3n) is 7.77. The van der Waals surface area contributed by atoms with Crippen molar-refractivity contribution in [3.05, 3.63) is 71.0 Å². The summed E-state index contributed by atoms with van der Waals surface area (Å²) >= 11 is 0. The minimum atomic E-state index is -1.20. The molecule has 0 radical (unpaired) electrons. The number of aliphatic imine (C=N–C) groups is 1. The average molecular weight is 558 g/mol. The van der Waals surface area contributed by atoms with Crippen LogP contribution in [0.3, 0.4) is 0 Å². The maximum absolute atomic E-state index is 15.4. The van der Waals surface area contributed by atoms with Gasteiger partial charge in [0, 0.05) is 50.2 Å². The molecule has 1 saturated heterocycles. The quantitative estimate of drug-likeness (QED) is 0.422. The molecule has 3 aromatic carbocycles. The summed E-state index contributed by atoms with van der Waals surface area (Å²) in [6, 6.07) is 14.1. The van der Waals surface area contributed by atoms with E-state index in [1.807, 2.05) is 50.2 Å². The normalized spacial score (nSPS) is 17.5.